The van der Waals surface area contributed by atoms with Crippen LogP contribution in [0.5, 0.6) is 0 Å². The van der Waals surface area contributed by atoms with Crippen molar-refractivity contribution in [3.8, 4) is 0 Å². The Kier molecular flexibility index (Phi) is 7.06. The van der Waals surface area contributed by atoms with Crippen LogP contribution in [0, 0.1) is 5.82 Å². The van der Waals surface area contributed by atoms with Crippen molar-refractivity contribution in [3.05, 3.63) is 75.4 Å². The summed E-state index contributed by atoms with van der Waals surface area (Å²) < 4.78 is 13.0. The molecule has 8 heteroatoms. The van der Waals surface area contributed by atoms with Gasteiger partial charge in [0.15, 0.2) is 0 Å². The predicted octanol–water partition coefficient (Wildman–Crippen LogP) is 4.26. The van der Waals surface area contributed by atoms with Crippen LogP contribution < -0.4 is 5.32 Å². The molecule has 0 spiro atoms. The summed E-state index contributed by atoms with van der Waals surface area (Å²) in [5, 5.41) is 2.97. The normalized spacial score (nSPS) is 15.2. The minimum atomic E-state index is -0.417. The molecule has 1 saturated heterocycles. The van der Waals surface area contributed by atoms with E-state index in [2.05, 4.69) is 5.32 Å². The summed E-state index contributed by atoms with van der Waals surface area (Å²) in [6, 6.07) is 12.9. The van der Waals surface area contributed by atoms with Crippen LogP contribution >= 0.6 is 23.4 Å². The molecule has 150 valence electrons. The first-order chi connectivity index (χ1) is 13.9. The molecule has 1 heterocycles. The minimum Gasteiger partial charge on any atom is -0.354 e. The van der Waals surface area contributed by atoms with Crippen LogP contribution in [0.4, 0.5) is 9.18 Å². The summed E-state index contributed by atoms with van der Waals surface area (Å²) in [4.78, 5) is 37.9. The van der Waals surface area contributed by atoms with Crippen LogP contribution in [0.2, 0.25) is 5.02 Å². The molecule has 1 fully saturated rings. The van der Waals surface area contributed by atoms with Gasteiger partial charge in [0.2, 0.25) is 5.91 Å². The second-order valence-electron chi connectivity index (χ2n) is 6.36. The maximum absolute atomic E-state index is 13.0. The van der Waals surface area contributed by atoms with E-state index in [-0.39, 0.29) is 29.7 Å². The van der Waals surface area contributed by atoms with Crippen molar-refractivity contribution >= 4 is 46.5 Å². The lowest BCUT2D eigenvalue weighted by atomic mass is 10.1. The number of nitrogens with one attached hydrogen (secondary N) is 1. The van der Waals surface area contributed by atoms with Gasteiger partial charge in [-0.15, -0.1) is 0 Å². The first-order valence-electron chi connectivity index (χ1n) is 8.94. The van der Waals surface area contributed by atoms with E-state index in [0.29, 0.717) is 23.4 Å². The summed E-state index contributed by atoms with van der Waals surface area (Å²) in [5.41, 5.74) is 1.63. The fourth-order valence-corrected chi connectivity index (χ4v) is 3.70. The molecule has 1 aliphatic heterocycles. The third kappa shape index (κ3) is 5.92. The average molecular weight is 433 g/mol. The minimum absolute atomic E-state index is 0.0953. The van der Waals surface area contributed by atoms with Crippen LogP contribution in [0.25, 0.3) is 6.08 Å². The van der Waals surface area contributed by atoms with Gasteiger partial charge < -0.3 is 5.32 Å². The smallest absolute Gasteiger partial charge is 0.293 e. The zero-order valence-corrected chi connectivity index (χ0v) is 16.9. The van der Waals surface area contributed by atoms with Crippen LogP contribution in [-0.2, 0) is 16.0 Å². The molecule has 2 aromatic rings. The lowest BCUT2D eigenvalue weighted by Gasteiger charge is -2.13. The number of rotatable bonds is 7. The lowest BCUT2D eigenvalue weighted by molar-refractivity contribution is -0.124. The molecule has 0 radical (unpaired) electrons. The molecule has 0 aromatic heterocycles. The van der Waals surface area contributed by atoms with E-state index in [9.17, 15) is 18.8 Å². The Bertz CT molecular complexity index is 945. The van der Waals surface area contributed by atoms with E-state index >= 15 is 0 Å². The number of benzene rings is 2. The fourth-order valence-electron chi connectivity index (χ4n) is 2.71. The summed E-state index contributed by atoms with van der Waals surface area (Å²) in [5.74, 6) is -0.949. The van der Waals surface area contributed by atoms with Gasteiger partial charge in [0.25, 0.3) is 11.1 Å². The van der Waals surface area contributed by atoms with Gasteiger partial charge in [0.05, 0.1) is 4.91 Å². The number of hydrogen-bond donors (Lipinski definition) is 1. The Hall–Kier alpha value is -2.64. The van der Waals surface area contributed by atoms with Crippen LogP contribution in [-0.4, -0.2) is 35.0 Å². The third-order valence-electron chi connectivity index (χ3n) is 4.25. The van der Waals surface area contributed by atoms with Crippen molar-refractivity contribution in [3.63, 3.8) is 0 Å². The van der Waals surface area contributed by atoms with E-state index in [1.54, 1.807) is 18.2 Å². The molecule has 3 amide bonds. The molecule has 0 unspecified atom stereocenters. The summed E-state index contributed by atoms with van der Waals surface area (Å²) in [6.07, 6.45) is 2.42. The number of nitrogens with zero attached hydrogens (tertiary/aromatic N) is 1. The van der Waals surface area contributed by atoms with Crippen molar-refractivity contribution < 1.29 is 18.8 Å². The molecule has 0 aliphatic carbocycles. The number of hydrogen-bond acceptors (Lipinski definition) is 4. The van der Waals surface area contributed by atoms with Gasteiger partial charge in [-0.1, -0.05) is 35.9 Å². The van der Waals surface area contributed by atoms with Gasteiger partial charge in [-0.3, -0.25) is 19.3 Å². The number of imide groups is 1. The fraction of sp³-hybridized carbons (Fsp3) is 0.190. The Balaban J connectivity index is 1.47. The van der Waals surface area contributed by atoms with Crippen LogP contribution in [0.3, 0.4) is 0 Å². The largest absolute Gasteiger partial charge is 0.354 e. The Labute approximate surface area is 176 Å². The Morgan fingerprint density at radius 3 is 2.48 bits per heavy atom. The zero-order chi connectivity index (χ0) is 20.8. The topological polar surface area (TPSA) is 66.5 Å². The first-order valence-corrected chi connectivity index (χ1v) is 10.1. The van der Waals surface area contributed by atoms with Gasteiger partial charge in [0, 0.05) is 24.5 Å². The molecule has 0 atom stereocenters. The number of carbonyl (C=O) groups excluding carboxylic acids is 3. The van der Waals surface area contributed by atoms with E-state index in [0.717, 1.165) is 22.2 Å². The van der Waals surface area contributed by atoms with E-state index < -0.39 is 11.1 Å². The SMILES string of the molecule is O=C(CCc1ccc(Cl)cc1)NCCN1C(=O)S/C(=C\c2ccc(F)cc2)C1=O. The average Bonchev–Trinajstić information content (AvgIpc) is 2.96. The molecular weight excluding hydrogens is 415 g/mol. The second-order valence-corrected chi connectivity index (χ2v) is 7.79. The van der Waals surface area contributed by atoms with Gasteiger partial charge in [-0.05, 0) is 59.7 Å². The van der Waals surface area contributed by atoms with Crippen LogP contribution in [0.1, 0.15) is 17.5 Å². The molecule has 1 aliphatic rings. The molecule has 0 bridgehead atoms. The maximum Gasteiger partial charge on any atom is 0.293 e. The Morgan fingerprint density at radius 2 is 1.79 bits per heavy atom. The highest BCUT2D eigenvalue weighted by atomic mass is 35.5. The van der Waals surface area contributed by atoms with Gasteiger partial charge in [-0.25, -0.2) is 4.39 Å². The van der Waals surface area contributed by atoms with Crippen molar-refractivity contribution in [1.82, 2.24) is 10.2 Å². The summed E-state index contributed by atoms with van der Waals surface area (Å²) in [6.45, 7) is 0.277. The standard InChI is InChI=1S/C21H18ClFN2O3S/c22-16-6-1-14(2-7-16)5-10-19(26)24-11-12-25-20(27)18(29-21(25)28)13-15-3-8-17(23)9-4-15/h1-4,6-9,13H,5,10-12H2,(H,24,26)/b18-13-. The first kappa shape index (κ1) is 21.1. The molecular formula is C21H18ClFN2O3S. The molecule has 3 rings (SSSR count). The summed E-state index contributed by atoms with van der Waals surface area (Å²) in [7, 11) is 0. The molecule has 2 aromatic carbocycles. The van der Waals surface area contributed by atoms with E-state index in [4.69, 9.17) is 11.6 Å². The van der Waals surface area contributed by atoms with Crippen molar-refractivity contribution in [2.45, 2.75) is 12.8 Å². The molecule has 29 heavy (non-hydrogen) atoms. The Morgan fingerprint density at radius 1 is 1.10 bits per heavy atom. The number of halogens is 2. The number of aryl methyl sites for hydroxylation is 1. The zero-order valence-electron chi connectivity index (χ0n) is 15.4. The van der Waals surface area contributed by atoms with Crippen molar-refractivity contribution in [2.75, 3.05) is 13.1 Å². The maximum atomic E-state index is 13.0. The van der Waals surface area contributed by atoms with Gasteiger partial charge in [0.1, 0.15) is 5.82 Å². The predicted molar refractivity (Wildman–Crippen MR) is 112 cm³/mol. The van der Waals surface area contributed by atoms with Crippen LogP contribution in [0.15, 0.2) is 53.4 Å². The quantitative estimate of drug-likeness (QED) is 0.664. The van der Waals surface area contributed by atoms with E-state index in [1.807, 2.05) is 12.1 Å². The second kappa shape index (κ2) is 9.71. The highest BCUT2D eigenvalue weighted by Crippen LogP contribution is 2.31. The molecule has 5 nitrogen and oxygen atoms in total. The highest BCUT2D eigenvalue weighted by Gasteiger charge is 2.34. The summed E-state index contributed by atoms with van der Waals surface area (Å²) >= 11 is 6.66. The number of thioether (sulfide) groups is 1. The number of carbonyl (C=O) groups is 3. The number of amides is 3. The van der Waals surface area contributed by atoms with Gasteiger partial charge >= 0.3 is 0 Å². The monoisotopic (exact) mass is 432 g/mol. The molecule has 1 N–H and O–H groups in total. The van der Waals surface area contributed by atoms with Crippen molar-refractivity contribution in [1.29, 1.82) is 0 Å². The van der Waals surface area contributed by atoms with Crippen molar-refractivity contribution in [2.24, 2.45) is 0 Å². The molecule has 0 saturated carbocycles. The van der Waals surface area contributed by atoms with E-state index in [1.165, 1.54) is 24.3 Å². The highest BCUT2D eigenvalue weighted by molar-refractivity contribution is 8.18. The lowest BCUT2D eigenvalue weighted by Crippen LogP contribution is -2.37. The van der Waals surface area contributed by atoms with Gasteiger partial charge in [-0.2, -0.15) is 0 Å². The third-order valence-corrected chi connectivity index (χ3v) is 5.41.